The molecule has 4 atom stereocenters. The smallest absolute Gasteiger partial charge is 0.246 e. The van der Waals surface area contributed by atoms with Crippen LogP contribution in [0.2, 0.25) is 5.02 Å². The molecule has 19 heteroatoms. The Kier molecular flexibility index (Phi) is 16.6. The van der Waals surface area contributed by atoms with Crippen molar-refractivity contribution in [3.8, 4) is 15.4 Å². The molecule has 362 valence electrons. The maximum absolute atomic E-state index is 14.0. The van der Waals surface area contributed by atoms with Crippen LogP contribution < -0.4 is 16.0 Å². The van der Waals surface area contributed by atoms with Crippen molar-refractivity contribution in [2.75, 3.05) is 39.5 Å². The van der Waals surface area contributed by atoms with E-state index >= 15 is 0 Å². The van der Waals surface area contributed by atoms with Gasteiger partial charge in [-0.3, -0.25) is 28.7 Å². The predicted octanol–water partition coefficient (Wildman–Crippen LogP) is 6.36. The summed E-state index contributed by atoms with van der Waals surface area (Å²) in [7, 11) is 0. The van der Waals surface area contributed by atoms with E-state index in [2.05, 4.69) is 45.0 Å². The Hall–Kier alpha value is -5.37. The van der Waals surface area contributed by atoms with Crippen LogP contribution in [0.4, 0.5) is 0 Å². The Morgan fingerprint density at radius 2 is 1.62 bits per heavy atom. The standard InChI is InChI=1S/C49H60ClN9O7S2/c1-28-30(3)68-48-41(28)42(33-14-16-35(50)17-15-33)54-37(45-57-56-31(4)59(45)48)23-39(61)51-18-8-19-65-20-9-21-66-26-40(62)55-44(49(5,6)7)47(64)58-25-36(60)22-38(58)46(63)52-24-32-10-12-34(13-11-32)43-29(2)53-27-67-43/h10-17,27,36-38,44,60H,8-9,18-26H2,1-7H3,(H,51,61)(H,52,63)(H,55,62)/t36-,37+,38+,44?/m1/s1. The number of rotatable bonds is 19. The number of amides is 4. The SMILES string of the molecule is Cc1ncsc1-c1ccc(CNC(=O)[C@@H]2C[C@@H](O)CN2C(=O)C(NC(=O)COCCCOCCCNC(=O)C[C@@H]2N=C(c3ccc(Cl)cc3)c3c(sc(C)c3C)-n3c(C)nnc32)C(C)(C)C)cc1. The zero-order chi connectivity index (χ0) is 48.7. The normalized spacial score (nSPS) is 17.2. The Morgan fingerprint density at radius 1 is 0.912 bits per heavy atom. The lowest BCUT2D eigenvalue weighted by atomic mass is 9.85. The van der Waals surface area contributed by atoms with Crippen LogP contribution >= 0.6 is 34.3 Å². The van der Waals surface area contributed by atoms with Crippen molar-refractivity contribution in [1.82, 2.24) is 40.6 Å². The number of aryl methyl sites for hydroxylation is 3. The van der Waals surface area contributed by atoms with Crippen molar-refractivity contribution in [2.45, 2.75) is 105 Å². The Morgan fingerprint density at radius 3 is 2.32 bits per heavy atom. The third-order valence-electron chi connectivity index (χ3n) is 12.0. The van der Waals surface area contributed by atoms with E-state index < -0.39 is 41.5 Å². The van der Waals surface area contributed by atoms with Gasteiger partial charge in [0.05, 0.1) is 34.3 Å². The van der Waals surface area contributed by atoms with Crippen LogP contribution in [0.5, 0.6) is 0 Å². The summed E-state index contributed by atoms with van der Waals surface area (Å²) in [4.78, 5) is 66.9. The second-order valence-corrected chi connectivity index (χ2v) is 20.8. The number of thiazole rings is 1. The number of thiophene rings is 1. The molecular formula is C49H60ClN9O7S2. The zero-order valence-electron chi connectivity index (χ0n) is 39.6. The maximum Gasteiger partial charge on any atom is 0.246 e. The fourth-order valence-electron chi connectivity index (χ4n) is 8.30. The lowest BCUT2D eigenvalue weighted by Crippen LogP contribution is -2.58. The molecule has 16 nitrogen and oxygen atoms in total. The second-order valence-electron chi connectivity index (χ2n) is 18.3. The van der Waals surface area contributed by atoms with Crippen LogP contribution in [-0.4, -0.2) is 117 Å². The first-order valence-electron chi connectivity index (χ1n) is 22.8. The maximum atomic E-state index is 14.0. The fourth-order valence-corrected chi connectivity index (χ4v) is 10.4. The molecule has 0 aliphatic carbocycles. The molecule has 1 unspecified atom stereocenters. The third-order valence-corrected chi connectivity index (χ3v) is 14.5. The summed E-state index contributed by atoms with van der Waals surface area (Å²) >= 11 is 9.46. The summed E-state index contributed by atoms with van der Waals surface area (Å²) in [6.45, 7) is 15.0. The summed E-state index contributed by atoms with van der Waals surface area (Å²) in [5, 5.41) is 29.8. The van der Waals surface area contributed by atoms with E-state index in [0.717, 1.165) is 54.9 Å². The Balaban J connectivity index is 0.814. The predicted molar refractivity (Wildman–Crippen MR) is 263 cm³/mol. The number of aromatic nitrogens is 4. The number of aliphatic hydroxyl groups is 1. The molecule has 0 bridgehead atoms. The molecule has 2 aromatic carbocycles. The number of hydrogen-bond acceptors (Lipinski definition) is 13. The van der Waals surface area contributed by atoms with Crippen LogP contribution in [-0.2, 0) is 35.2 Å². The number of hydrogen-bond donors (Lipinski definition) is 4. The van der Waals surface area contributed by atoms with Gasteiger partial charge >= 0.3 is 0 Å². The minimum atomic E-state index is -0.968. The average Bonchev–Trinajstić information content (AvgIpc) is 4.07. The summed E-state index contributed by atoms with van der Waals surface area (Å²) in [6, 6.07) is 13.0. The molecule has 1 saturated heterocycles. The van der Waals surface area contributed by atoms with Crippen LogP contribution in [0.3, 0.4) is 0 Å². The number of β-amino-alcohol motifs (C(OH)–C–C–N with tert-alkyl or cyclic N) is 1. The molecule has 2 aliphatic heterocycles. The number of carbonyl (C=O) groups excluding carboxylic acids is 4. The zero-order valence-corrected chi connectivity index (χ0v) is 41.9. The van der Waals surface area contributed by atoms with Gasteiger partial charge in [0, 0.05) is 66.9 Å². The van der Waals surface area contributed by atoms with Gasteiger partial charge < -0.3 is 35.4 Å². The molecule has 2 aliphatic rings. The van der Waals surface area contributed by atoms with Crippen molar-refractivity contribution in [1.29, 1.82) is 0 Å². The molecule has 0 spiro atoms. The quantitative estimate of drug-likeness (QED) is 0.0675. The summed E-state index contributed by atoms with van der Waals surface area (Å²) in [5.74, 6) is -0.117. The van der Waals surface area contributed by atoms with Crippen LogP contribution in [0.1, 0.15) is 97.0 Å². The first kappa shape index (κ1) is 50.5. The summed E-state index contributed by atoms with van der Waals surface area (Å²) in [5.41, 5.74) is 7.82. The summed E-state index contributed by atoms with van der Waals surface area (Å²) < 4.78 is 13.4. The average molecular weight is 987 g/mol. The Labute approximate surface area is 409 Å². The minimum Gasteiger partial charge on any atom is -0.391 e. The first-order valence-corrected chi connectivity index (χ1v) is 24.9. The van der Waals surface area contributed by atoms with E-state index in [1.807, 2.05) is 93.2 Å². The highest BCUT2D eigenvalue weighted by molar-refractivity contribution is 7.15. The highest BCUT2D eigenvalue weighted by Crippen LogP contribution is 2.40. The molecule has 0 radical (unpaired) electrons. The van der Waals surface area contributed by atoms with Crippen molar-refractivity contribution in [3.63, 3.8) is 0 Å². The number of ether oxygens (including phenoxy) is 2. The lowest BCUT2D eigenvalue weighted by molar-refractivity contribution is -0.144. The highest BCUT2D eigenvalue weighted by atomic mass is 35.5. The minimum absolute atomic E-state index is 0.0196. The third kappa shape index (κ3) is 12.1. The van der Waals surface area contributed by atoms with E-state index in [1.165, 1.54) is 9.78 Å². The molecule has 7 rings (SSSR count). The van der Waals surface area contributed by atoms with Gasteiger partial charge in [0.25, 0.3) is 0 Å². The van der Waals surface area contributed by atoms with Gasteiger partial charge in [0.15, 0.2) is 5.82 Å². The molecule has 5 aromatic rings. The molecule has 3 aromatic heterocycles. The van der Waals surface area contributed by atoms with Crippen molar-refractivity contribution in [2.24, 2.45) is 10.4 Å². The number of benzene rings is 2. The van der Waals surface area contributed by atoms with Gasteiger partial charge in [-0.15, -0.1) is 32.9 Å². The number of carbonyl (C=O) groups is 4. The van der Waals surface area contributed by atoms with E-state index in [9.17, 15) is 24.3 Å². The molecular weight excluding hydrogens is 926 g/mol. The monoisotopic (exact) mass is 985 g/mol. The van der Waals surface area contributed by atoms with Crippen LogP contribution in [0.25, 0.3) is 15.4 Å². The number of nitrogens with one attached hydrogen (secondary N) is 3. The lowest BCUT2D eigenvalue weighted by Gasteiger charge is -2.35. The van der Waals surface area contributed by atoms with Gasteiger partial charge in [-0.05, 0) is 74.8 Å². The van der Waals surface area contributed by atoms with E-state index in [4.69, 9.17) is 26.1 Å². The van der Waals surface area contributed by atoms with E-state index in [0.29, 0.717) is 43.4 Å². The number of halogens is 1. The van der Waals surface area contributed by atoms with Gasteiger partial charge in [-0.25, -0.2) is 4.98 Å². The molecule has 1 fully saturated rings. The fraction of sp³-hybridized carbons (Fsp3) is 0.469. The largest absolute Gasteiger partial charge is 0.391 e. The molecule has 5 heterocycles. The topological polar surface area (TPSA) is 202 Å². The number of nitrogens with zero attached hydrogens (tertiary/aromatic N) is 6. The molecule has 68 heavy (non-hydrogen) atoms. The van der Waals surface area contributed by atoms with Gasteiger partial charge in [0.2, 0.25) is 23.6 Å². The van der Waals surface area contributed by atoms with Crippen molar-refractivity contribution in [3.05, 3.63) is 104 Å². The second kappa shape index (κ2) is 22.4. The van der Waals surface area contributed by atoms with Crippen molar-refractivity contribution < 1.29 is 33.8 Å². The number of aliphatic hydroxyl groups excluding tert-OH is 1. The first-order chi connectivity index (χ1) is 32.5. The summed E-state index contributed by atoms with van der Waals surface area (Å²) in [6.07, 6.45) is 0.420. The van der Waals surface area contributed by atoms with Crippen LogP contribution in [0.15, 0.2) is 59.0 Å². The molecule has 0 saturated carbocycles. The highest BCUT2D eigenvalue weighted by Gasteiger charge is 2.44. The van der Waals surface area contributed by atoms with Crippen LogP contribution in [0, 0.1) is 33.1 Å². The van der Waals surface area contributed by atoms with Crippen molar-refractivity contribution >= 4 is 63.6 Å². The number of fused-ring (bicyclic) bond motifs is 3. The Bertz CT molecular complexity index is 2620. The van der Waals surface area contributed by atoms with Gasteiger partial charge in [0.1, 0.15) is 35.6 Å². The van der Waals surface area contributed by atoms with E-state index in [1.54, 1.807) is 22.7 Å². The van der Waals surface area contributed by atoms with Gasteiger partial charge in [-0.1, -0.05) is 68.8 Å². The van der Waals surface area contributed by atoms with E-state index in [-0.39, 0.29) is 51.0 Å². The molecule has 4 amide bonds. The number of likely N-dealkylation sites (tertiary alicyclic amines) is 1. The number of aliphatic imine (C=N–C) groups is 1. The van der Waals surface area contributed by atoms with Gasteiger partial charge in [-0.2, -0.15) is 0 Å². The molecule has 4 N–H and O–H groups in total.